The van der Waals surface area contributed by atoms with Gasteiger partial charge in [0.15, 0.2) is 0 Å². The molecule has 0 bridgehead atoms. The van der Waals surface area contributed by atoms with Crippen molar-refractivity contribution in [1.29, 1.82) is 0 Å². The van der Waals surface area contributed by atoms with Crippen molar-refractivity contribution in [2.45, 2.75) is 41.3 Å². The number of halogens is 4. The number of benzene rings is 2. The number of anilines is 1. The average Bonchev–Trinajstić information content (AvgIpc) is 2.60. The maximum absolute atomic E-state index is 13.4. The minimum absolute atomic E-state index is 0.208. The van der Waals surface area contributed by atoms with Crippen molar-refractivity contribution in [1.82, 2.24) is 5.32 Å². The topological polar surface area (TPSA) is 24.1 Å². The maximum atomic E-state index is 13.4. The van der Waals surface area contributed by atoms with Crippen LogP contribution in [0.3, 0.4) is 0 Å². The molecule has 0 unspecified atom stereocenters. The summed E-state index contributed by atoms with van der Waals surface area (Å²) in [6.45, 7) is 1.79. The summed E-state index contributed by atoms with van der Waals surface area (Å²) in [6.07, 6.45) is -1.86. The minimum atomic E-state index is -4.35. The second-order valence-electron chi connectivity index (χ2n) is 6.70. The molecule has 2 aliphatic heterocycles. The van der Waals surface area contributed by atoms with Gasteiger partial charge in [-0.25, -0.2) is 0 Å². The van der Waals surface area contributed by atoms with Crippen LogP contribution in [0.1, 0.15) is 29.5 Å². The lowest BCUT2D eigenvalue weighted by Gasteiger charge is -2.29. The molecule has 7 heteroatoms. The summed E-state index contributed by atoms with van der Waals surface area (Å²) >= 11 is 4.87. The molecule has 2 nitrogen and oxygen atoms in total. The molecule has 0 aliphatic carbocycles. The highest BCUT2D eigenvalue weighted by Crippen LogP contribution is 2.46. The lowest BCUT2D eigenvalue weighted by Crippen LogP contribution is -2.35. The van der Waals surface area contributed by atoms with Crippen LogP contribution in [-0.2, 0) is 12.6 Å². The Morgan fingerprint density at radius 3 is 2.58 bits per heavy atom. The Labute approximate surface area is 163 Å². The van der Waals surface area contributed by atoms with Crippen LogP contribution in [0, 0.1) is 0 Å². The molecule has 0 atom stereocenters. The van der Waals surface area contributed by atoms with Gasteiger partial charge < -0.3 is 10.6 Å². The highest BCUT2D eigenvalue weighted by molar-refractivity contribution is 9.10. The number of alkyl halides is 3. The predicted molar refractivity (Wildman–Crippen MR) is 102 cm³/mol. The van der Waals surface area contributed by atoms with Gasteiger partial charge >= 0.3 is 6.18 Å². The first kappa shape index (κ1) is 18.2. The Balaban J connectivity index is 1.74. The summed E-state index contributed by atoms with van der Waals surface area (Å²) in [5.74, 6) is 0. The van der Waals surface area contributed by atoms with E-state index in [0.29, 0.717) is 17.0 Å². The summed E-state index contributed by atoms with van der Waals surface area (Å²) < 4.78 is 41.2. The number of hydrogen-bond acceptors (Lipinski definition) is 3. The van der Waals surface area contributed by atoms with E-state index in [9.17, 15) is 13.2 Å². The molecule has 0 amide bonds. The van der Waals surface area contributed by atoms with E-state index in [1.54, 1.807) is 0 Å². The van der Waals surface area contributed by atoms with Gasteiger partial charge in [-0.2, -0.15) is 13.2 Å². The van der Waals surface area contributed by atoms with Crippen molar-refractivity contribution in [2.24, 2.45) is 0 Å². The van der Waals surface area contributed by atoms with Crippen molar-refractivity contribution in [3.63, 3.8) is 0 Å². The zero-order valence-corrected chi connectivity index (χ0v) is 16.3. The molecule has 2 aliphatic rings. The molecule has 2 aromatic carbocycles. The fourth-order valence-electron chi connectivity index (χ4n) is 3.48. The van der Waals surface area contributed by atoms with Crippen LogP contribution in [0.5, 0.6) is 0 Å². The normalized spacial score (nSPS) is 17.5. The number of nitrogens with one attached hydrogen (secondary N) is 2. The van der Waals surface area contributed by atoms with Gasteiger partial charge in [-0.1, -0.05) is 33.8 Å². The summed E-state index contributed by atoms with van der Waals surface area (Å²) in [5.41, 5.74) is 2.16. The summed E-state index contributed by atoms with van der Waals surface area (Å²) in [4.78, 5) is 1.71. The largest absolute Gasteiger partial charge is 0.416 e. The number of fused-ring (bicyclic) bond motifs is 2. The van der Waals surface area contributed by atoms with Crippen LogP contribution < -0.4 is 10.6 Å². The molecule has 0 aromatic heterocycles. The van der Waals surface area contributed by atoms with Gasteiger partial charge in [-0.3, -0.25) is 0 Å². The zero-order valence-electron chi connectivity index (χ0n) is 13.9. The first-order valence-corrected chi connectivity index (χ1v) is 10.2. The molecular weight excluding hydrogens is 425 g/mol. The first-order valence-electron chi connectivity index (χ1n) is 8.58. The van der Waals surface area contributed by atoms with Gasteiger partial charge in [0, 0.05) is 32.4 Å². The Hall–Kier alpha value is -1.18. The SMILES string of the molecule is FC(F)(F)c1cc(NC2CCNCC2)c2c(c1)Sc1cc(Br)ccc1C2. The van der Waals surface area contributed by atoms with Crippen molar-refractivity contribution in [3.8, 4) is 0 Å². The Bertz CT molecular complexity index is 832. The molecule has 0 saturated carbocycles. The smallest absolute Gasteiger partial charge is 0.382 e. The number of piperidine rings is 1. The number of rotatable bonds is 2. The summed E-state index contributed by atoms with van der Waals surface area (Å²) in [7, 11) is 0. The third-order valence-corrected chi connectivity index (χ3v) is 6.53. The quantitative estimate of drug-likeness (QED) is 0.533. The van der Waals surface area contributed by atoms with Crippen molar-refractivity contribution < 1.29 is 13.2 Å². The van der Waals surface area contributed by atoms with E-state index in [1.165, 1.54) is 23.9 Å². The van der Waals surface area contributed by atoms with Gasteiger partial charge in [0.2, 0.25) is 0 Å². The van der Waals surface area contributed by atoms with E-state index >= 15 is 0 Å². The van der Waals surface area contributed by atoms with Gasteiger partial charge in [-0.05, 0) is 61.3 Å². The zero-order chi connectivity index (χ0) is 18.3. The summed E-state index contributed by atoms with van der Waals surface area (Å²) in [6, 6.07) is 8.78. The molecule has 4 rings (SSSR count). The Kier molecular flexibility index (Phi) is 4.96. The van der Waals surface area contributed by atoms with Crippen LogP contribution in [0.15, 0.2) is 44.6 Å². The van der Waals surface area contributed by atoms with Crippen LogP contribution in [0.25, 0.3) is 0 Å². The molecule has 26 heavy (non-hydrogen) atoms. The molecular formula is C19H18BrF3N2S. The van der Waals surface area contributed by atoms with Gasteiger partial charge in [-0.15, -0.1) is 0 Å². The van der Waals surface area contributed by atoms with Crippen molar-refractivity contribution >= 4 is 33.4 Å². The lowest BCUT2D eigenvalue weighted by molar-refractivity contribution is -0.137. The predicted octanol–water partition coefficient (Wildman–Crippen LogP) is 5.69. The van der Waals surface area contributed by atoms with E-state index < -0.39 is 11.7 Å². The van der Waals surface area contributed by atoms with Crippen LogP contribution in [-0.4, -0.2) is 19.1 Å². The van der Waals surface area contributed by atoms with E-state index in [2.05, 4.69) is 26.6 Å². The molecule has 2 heterocycles. The monoisotopic (exact) mass is 442 g/mol. The van der Waals surface area contributed by atoms with Crippen LogP contribution >= 0.6 is 27.7 Å². The fourth-order valence-corrected chi connectivity index (χ4v) is 5.17. The maximum Gasteiger partial charge on any atom is 0.416 e. The standard InChI is InChI=1S/C19H18BrF3N2S/c20-13-2-1-11-7-15-16(25-14-3-5-24-6-4-14)8-12(19(21,22)23)9-18(15)26-17(11)10-13/h1-2,8-10,14,24-25H,3-7H2. The highest BCUT2D eigenvalue weighted by atomic mass is 79.9. The molecule has 2 aromatic rings. The van der Waals surface area contributed by atoms with E-state index in [4.69, 9.17) is 0 Å². The lowest BCUT2D eigenvalue weighted by atomic mass is 9.98. The number of hydrogen-bond donors (Lipinski definition) is 2. The second kappa shape index (κ2) is 7.09. The van der Waals surface area contributed by atoms with Gasteiger partial charge in [0.1, 0.15) is 0 Å². The summed E-state index contributed by atoms with van der Waals surface area (Å²) in [5, 5.41) is 6.69. The van der Waals surface area contributed by atoms with E-state index in [0.717, 1.165) is 46.4 Å². The van der Waals surface area contributed by atoms with Gasteiger partial charge in [0.05, 0.1) is 5.56 Å². The van der Waals surface area contributed by atoms with Crippen LogP contribution in [0.4, 0.5) is 18.9 Å². The van der Waals surface area contributed by atoms with E-state index in [1.807, 2.05) is 18.2 Å². The fraction of sp³-hybridized carbons (Fsp3) is 0.368. The average molecular weight is 443 g/mol. The minimum Gasteiger partial charge on any atom is -0.382 e. The second-order valence-corrected chi connectivity index (χ2v) is 8.70. The molecule has 0 spiro atoms. The molecule has 2 N–H and O–H groups in total. The highest BCUT2D eigenvalue weighted by Gasteiger charge is 2.33. The molecule has 1 fully saturated rings. The third kappa shape index (κ3) is 3.75. The van der Waals surface area contributed by atoms with Crippen LogP contribution in [0.2, 0.25) is 0 Å². The first-order chi connectivity index (χ1) is 12.4. The molecule has 0 radical (unpaired) electrons. The molecule has 138 valence electrons. The van der Waals surface area contributed by atoms with Crippen molar-refractivity contribution in [2.75, 3.05) is 18.4 Å². The Morgan fingerprint density at radius 2 is 1.85 bits per heavy atom. The molecule has 1 saturated heterocycles. The van der Waals surface area contributed by atoms with Gasteiger partial charge in [0.25, 0.3) is 0 Å². The van der Waals surface area contributed by atoms with E-state index in [-0.39, 0.29) is 6.04 Å². The third-order valence-electron chi connectivity index (χ3n) is 4.85. The Morgan fingerprint density at radius 1 is 1.08 bits per heavy atom. The van der Waals surface area contributed by atoms with Crippen molar-refractivity contribution in [3.05, 3.63) is 51.5 Å².